The molecule has 0 unspecified atom stereocenters. The van der Waals surface area contributed by atoms with Gasteiger partial charge in [0.15, 0.2) is 5.16 Å². The van der Waals surface area contributed by atoms with E-state index in [2.05, 4.69) is 9.97 Å². The molecule has 2 rings (SSSR count). The molecular weight excluding hydrogens is 310 g/mol. The number of unbranched alkanes of at least 4 members (excludes halogenated alkanes) is 1. The molecule has 1 N–H and O–H groups in total. The monoisotopic (exact) mass is 329 g/mol. The lowest BCUT2D eigenvalue weighted by Crippen LogP contribution is -2.16. The smallest absolute Gasteiger partial charge is 0.269 e. The molecule has 5 nitrogen and oxygen atoms in total. The van der Waals surface area contributed by atoms with E-state index < -0.39 is 0 Å². The molecule has 0 aliphatic heterocycles. The summed E-state index contributed by atoms with van der Waals surface area (Å²) in [5, 5.41) is 9.54. The van der Waals surface area contributed by atoms with E-state index >= 15 is 0 Å². The number of rotatable bonds is 8. The Morgan fingerprint density at radius 2 is 2.09 bits per heavy atom. The second-order valence-corrected chi connectivity index (χ2v) is 5.96. The average Bonchev–Trinajstić information content (AvgIpc) is 2.58. The number of aromatic nitrogens is 2. The van der Waals surface area contributed by atoms with Gasteiger partial charge >= 0.3 is 0 Å². The van der Waals surface area contributed by atoms with Crippen molar-refractivity contribution in [2.45, 2.75) is 31.3 Å². The molecule has 23 heavy (non-hydrogen) atoms. The van der Waals surface area contributed by atoms with Crippen LogP contribution in [-0.4, -0.2) is 22.3 Å². The minimum Gasteiger partial charge on any atom is -0.494 e. The summed E-state index contributed by atoms with van der Waals surface area (Å²) in [7, 11) is 0. The van der Waals surface area contributed by atoms with E-state index in [0.717, 1.165) is 24.3 Å². The number of nitrogens with zero attached hydrogens (tertiary/aromatic N) is 2. The fraction of sp³-hybridized carbons (Fsp3) is 0.353. The van der Waals surface area contributed by atoms with Crippen LogP contribution in [0.3, 0.4) is 0 Å². The number of nitrogens with one attached hydrogen (secondary N) is 1. The maximum absolute atomic E-state index is 11.8. The second kappa shape index (κ2) is 9.01. The van der Waals surface area contributed by atoms with E-state index in [1.165, 1.54) is 11.8 Å². The van der Waals surface area contributed by atoms with E-state index in [1.807, 2.05) is 43.3 Å². The number of aryl methyl sites for hydroxylation is 1. The summed E-state index contributed by atoms with van der Waals surface area (Å²) in [6, 6.07) is 11.6. The summed E-state index contributed by atoms with van der Waals surface area (Å²) in [6.07, 6.45) is 2.47. The number of nitriles is 1. The van der Waals surface area contributed by atoms with Crippen molar-refractivity contribution in [1.82, 2.24) is 9.97 Å². The third-order valence-corrected chi connectivity index (χ3v) is 4.17. The van der Waals surface area contributed by atoms with Gasteiger partial charge in [-0.25, -0.2) is 4.98 Å². The molecule has 2 aromatic rings. The van der Waals surface area contributed by atoms with Crippen LogP contribution in [-0.2, 0) is 6.42 Å². The van der Waals surface area contributed by atoms with Crippen molar-refractivity contribution >= 4 is 11.8 Å². The average molecular weight is 329 g/mol. The van der Waals surface area contributed by atoms with E-state index in [9.17, 15) is 4.79 Å². The van der Waals surface area contributed by atoms with Gasteiger partial charge in [0.25, 0.3) is 5.56 Å². The van der Waals surface area contributed by atoms with Crippen LogP contribution in [0, 0.1) is 11.3 Å². The van der Waals surface area contributed by atoms with Crippen LogP contribution in [0.2, 0.25) is 0 Å². The lowest BCUT2D eigenvalue weighted by Gasteiger charge is -2.06. The van der Waals surface area contributed by atoms with Gasteiger partial charge in [0, 0.05) is 5.75 Å². The van der Waals surface area contributed by atoms with Crippen molar-refractivity contribution in [3.63, 3.8) is 0 Å². The Morgan fingerprint density at radius 3 is 2.78 bits per heavy atom. The Kier molecular flexibility index (Phi) is 6.70. The fourth-order valence-corrected chi connectivity index (χ4v) is 2.90. The molecule has 0 atom stereocenters. The molecule has 0 radical (unpaired) electrons. The van der Waals surface area contributed by atoms with Crippen LogP contribution >= 0.6 is 11.8 Å². The predicted molar refractivity (Wildman–Crippen MR) is 90.8 cm³/mol. The zero-order chi connectivity index (χ0) is 16.5. The highest BCUT2D eigenvalue weighted by Gasteiger charge is 2.09. The highest BCUT2D eigenvalue weighted by Crippen LogP contribution is 2.15. The van der Waals surface area contributed by atoms with Gasteiger partial charge in [-0.15, -0.1) is 0 Å². The molecule has 0 bridgehead atoms. The van der Waals surface area contributed by atoms with Crippen LogP contribution in [0.25, 0.3) is 0 Å². The first-order valence-electron chi connectivity index (χ1n) is 7.58. The fourth-order valence-electron chi connectivity index (χ4n) is 2.02. The molecule has 0 saturated heterocycles. The first-order chi connectivity index (χ1) is 11.2. The number of hydrogen-bond acceptors (Lipinski definition) is 5. The minimum atomic E-state index is -0.353. The third-order valence-electron chi connectivity index (χ3n) is 3.21. The Bertz CT molecular complexity index is 723. The number of ether oxygens (including phenoxy) is 1. The molecule has 0 spiro atoms. The maximum atomic E-state index is 11.8. The summed E-state index contributed by atoms with van der Waals surface area (Å²) in [6.45, 7) is 2.56. The standard InChI is InChI=1S/C17H19N3O2S/c1-2-15-14(12-18)16(21)20-17(19-15)23-11-7-6-10-22-13-8-4-3-5-9-13/h3-5,8-9H,2,6-7,10-11H2,1H3,(H,19,20,21). The van der Waals surface area contributed by atoms with Crippen molar-refractivity contribution < 1.29 is 4.74 Å². The molecule has 0 saturated carbocycles. The summed E-state index contributed by atoms with van der Waals surface area (Å²) in [5.41, 5.74) is 0.327. The molecule has 1 heterocycles. The largest absolute Gasteiger partial charge is 0.494 e. The van der Waals surface area contributed by atoms with Crippen molar-refractivity contribution in [3.05, 3.63) is 51.9 Å². The number of aromatic amines is 1. The topological polar surface area (TPSA) is 78.8 Å². The van der Waals surface area contributed by atoms with Gasteiger partial charge in [0.1, 0.15) is 17.4 Å². The number of para-hydroxylation sites is 1. The summed E-state index contributed by atoms with van der Waals surface area (Å²) in [5.74, 6) is 1.72. The van der Waals surface area contributed by atoms with Crippen molar-refractivity contribution in [3.8, 4) is 11.8 Å². The Morgan fingerprint density at radius 1 is 1.30 bits per heavy atom. The lowest BCUT2D eigenvalue weighted by atomic mass is 10.2. The number of H-pyrrole nitrogens is 1. The molecule has 0 fully saturated rings. The van der Waals surface area contributed by atoms with Crippen LogP contribution in [0.1, 0.15) is 31.0 Å². The molecule has 1 aromatic heterocycles. The Labute approximate surface area is 139 Å². The summed E-state index contributed by atoms with van der Waals surface area (Å²) < 4.78 is 5.63. The van der Waals surface area contributed by atoms with Crippen molar-refractivity contribution in [2.75, 3.05) is 12.4 Å². The van der Waals surface area contributed by atoms with E-state index in [4.69, 9.17) is 10.00 Å². The zero-order valence-electron chi connectivity index (χ0n) is 13.0. The van der Waals surface area contributed by atoms with Crippen molar-refractivity contribution in [1.29, 1.82) is 5.26 Å². The summed E-state index contributed by atoms with van der Waals surface area (Å²) in [4.78, 5) is 18.8. The van der Waals surface area contributed by atoms with E-state index in [0.29, 0.717) is 23.9 Å². The number of hydrogen-bond donors (Lipinski definition) is 1. The van der Waals surface area contributed by atoms with Gasteiger partial charge in [-0.1, -0.05) is 36.9 Å². The first kappa shape index (κ1) is 17.1. The van der Waals surface area contributed by atoms with E-state index in [1.54, 1.807) is 0 Å². The molecule has 1 aromatic carbocycles. The first-order valence-corrected chi connectivity index (χ1v) is 8.57. The van der Waals surface area contributed by atoms with Gasteiger partial charge in [-0.2, -0.15) is 5.26 Å². The Hall–Kier alpha value is -2.26. The van der Waals surface area contributed by atoms with Crippen LogP contribution < -0.4 is 10.3 Å². The molecule has 0 amide bonds. The minimum absolute atomic E-state index is 0.119. The molecule has 6 heteroatoms. The van der Waals surface area contributed by atoms with Crippen molar-refractivity contribution in [2.24, 2.45) is 0 Å². The van der Waals surface area contributed by atoms with Gasteiger partial charge in [-0.05, 0) is 31.4 Å². The molecule has 0 aliphatic carbocycles. The maximum Gasteiger partial charge on any atom is 0.269 e. The SMILES string of the molecule is CCc1nc(SCCCCOc2ccccc2)[nH]c(=O)c1C#N. The lowest BCUT2D eigenvalue weighted by molar-refractivity contribution is 0.310. The highest BCUT2D eigenvalue weighted by molar-refractivity contribution is 7.99. The van der Waals surface area contributed by atoms with Gasteiger partial charge in [0.05, 0.1) is 12.3 Å². The quantitative estimate of drug-likeness (QED) is 0.457. The van der Waals surface area contributed by atoms with Crippen LogP contribution in [0.4, 0.5) is 0 Å². The zero-order valence-corrected chi connectivity index (χ0v) is 13.9. The predicted octanol–water partition coefficient (Wildman–Crippen LogP) is 3.16. The van der Waals surface area contributed by atoms with Crippen LogP contribution in [0.15, 0.2) is 40.3 Å². The van der Waals surface area contributed by atoms with E-state index in [-0.39, 0.29) is 11.1 Å². The second-order valence-electron chi connectivity index (χ2n) is 4.88. The van der Waals surface area contributed by atoms with Crippen LogP contribution in [0.5, 0.6) is 5.75 Å². The molecule has 120 valence electrons. The van der Waals surface area contributed by atoms with Gasteiger partial charge in [-0.3, -0.25) is 4.79 Å². The molecule has 0 aliphatic rings. The molecular formula is C17H19N3O2S. The van der Waals surface area contributed by atoms with Gasteiger partial charge < -0.3 is 9.72 Å². The summed E-state index contributed by atoms with van der Waals surface area (Å²) >= 11 is 1.50. The highest BCUT2D eigenvalue weighted by atomic mass is 32.2. The van der Waals surface area contributed by atoms with Gasteiger partial charge in [0.2, 0.25) is 0 Å². The Balaban J connectivity index is 1.75. The normalized spacial score (nSPS) is 10.3. The number of thioether (sulfide) groups is 1. The number of benzene rings is 1. The third kappa shape index (κ3) is 5.15.